The van der Waals surface area contributed by atoms with E-state index < -0.39 is 12.6 Å². The SMILES string of the molecule is O=C(O)c1ccc(OC(F)F)c(OC2CCCC2)c1. The fraction of sp³-hybridized carbons (Fsp3) is 0.462. The molecule has 2 rings (SSSR count). The lowest BCUT2D eigenvalue weighted by Gasteiger charge is -2.17. The van der Waals surface area contributed by atoms with Gasteiger partial charge in [0, 0.05) is 0 Å². The molecule has 0 spiro atoms. The van der Waals surface area contributed by atoms with Crippen LogP contribution >= 0.6 is 0 Å². The van der Waals surface area contributed by atoms with E-state index >= 15 is 0 Å². The Labute approximate surface area is 108 Å². The zero-order chi connectivity index (χ0) is 13.8. The molecule has 4 nitrogen and oxygen atoms in total. The van der Waals surface area contributed by atoms with Crippen molar-refractivity contribution in [2.45, 2.75) is 38.4 Å². The number of hydrogen-bond acceptors (Lipinski definition) is 3. The minimum atomic E-state index is -2.97. The van der Waals surface area contributed by atoms with Crippen LogP contribution in [0.25, 0.3) is 0 Å². The number of hydrogen-bond donors (Lipinski definition) is 1. The molecular weight excluding hydrogens is 258 g/mol. The van der Waals surface area contributed by atoms with Gasteiger partial charge in [0.1, 0.15) is 0 Å². The number of halogens is 2. The molecule has 1 N–H and O–H groups in total. The first-order valence-electron chi connectivity index (χ1n) is 6.05. The second kappa shape index (κ2) is 5.86. The molecule has 1 fully saturated rings. The van der Waals surface area contributed by atoms with Crippen molar-refractivity contribution in [2.24, 2.45) is 0 Å². The highest BCUT2D eigenvalue weighted by atomic mass is 19.3. The van der Waals surface area contributed by atoms with E-state index in [1.807, 2.05) is 0 Å². The smallest absolute Gasteiger partial charge is 0.387 e. The van der Waals surface area contributed by atoms with E-state index in [0.717, 1.165) is 25.7 Å². The highest BCUT2D eigenvalue weighted by molar-refractivity contribution is 5.88. The summed E-state index contributed by atoms with van der Waals surface area (Å²) in [6.45, 7) is -2.97. The molecule has 0 bridgehead atoms. The molecule has 0 radical (unpaired) electrons. The first-order chi connectivity index (χ1) is 9.06. The van der Waals surface area contributed by atoms with Crippen molar-refractivity contribution in [3.8, 4) is 11.5 Å². The molecule has 1 aliphatic rings. The molecule has 104 valence electrons. The van der Waals surface area contributed by atoms with Crippen LogP contribution in [0.5, 0.6) is 11.5 Å². The average Bonchev–Trinajstić information content (AvgIpc) is 2.83. The molecule has 1 aliphatic carbocycles. The predicted molar refractivity (Wildman–Crippen MR) is 62.9 cm³/mol. The summed E-state index contributed by atoms with van der Waals surface area (Å²) < 4.78 is 34.5. The molecule has 0 amide bonds. The first kappa shape index (κ1) is 13.6. The monoisotopic (exact) mass is 272 g/mol. The maximum absolute atomic E-state index is 12.3. The van der Waals surface area contributed by atoms with Crippen molar-refractivity contribution in [3.63, 3.8) is 0 Å². The van der Waals surface area contributed by atoms with Gasteiger partial charge in [-0.05, 0) is 43.9 Å². The van der Waals surface area contributed by atoms with Crippen molar-refractivity contribution in [1.82, 2.24) is 0 Å². The van der Waals surface area contributed by atoms with Gasteiger partial charge in [-0.15, -0.1) is 0 Å². The normalized spacial score (nSPS) is 15.7. The van der Waals surface area contributed by atoms with Gasteiger partial charge < -0.3 is 14.6 Å². The Kier molecular flexibility index (Phi) is 4.19. The Balaban J connectivity index is 2.23. The summed E-state index contributed by atoms with van der Waals surface area (Å²) in [5.41, 5.74) is -0.0189. The van der Waals surface area contributed by atoms with Crippen molar-refractivity contribution < 1.29 is 28.2 Å². The number of rotatable bonds is 5. The van der Waals surface area contributed by atoms with E-state index in [4.69, 9.17) is 9.84 Å². The van der Waals surface area contributed by atoms with Crippen molar-refractivity contribution in [3.05, 3.63) is 23.8 Å². The molecule has 1 saturated carbocycles. The topological polar surface area (TPSA) is 55.8 Å². The van der Waals surface area contributed by atoms with E-state index in [2.05, 4.69) is 4.74 Å². The fourth-order valence-electron chi connectivity index (χ4n) is 2.11. The van der Waals surface area contributed by atoms with E-state index in [-0.39, 0.29) is 23.2 Å². The molecular formula is C13H14F2O4. The third-order valence-electron chi connectivity index (χ3n) is 3.00. The lowest BCUT2D eigenvalue weighted by atomic mass is 10.2. The Morgan fingerprint density at radius 2 is 1.95 bits per heavy atom. The van der Waals surface area contributed by atoms with Crippen LogP contribution in [0.3, 0.4) is 0 Å². The highest BCUT2D eigenvalue weighted by Gasteiger charge is 2.20. The van der Waals surface area contributed by atoms with Crippen LogP contribution in [0.2, 0.25) is 0 Å². The van der Waals surface area contributed by atoms with Gasteiger partial charge in [-0.2, -0.15) is 8.78 Å². The van der Waals surface area contributed by atoms with Crippen LogP contribution in [0, 0.1) is 0 Å². The number of aromatic carboxylic acids is 1. The quantitative estimate of drug-likeness (QED) is 0.893. The Morgan fingerprint density at radius 1 is 1.26 bits per heavy atom. The molecule has 0 aliphatic heterocycles. The maximum atomic E-state index is 12.3. The predicted octanol–water partition coefficient (Wildman–Crippen LogP) is 3.31. The summed E-state index contributed by atoms with van der Waals surface area (Å²) in [7, 11) is 0. The molecule has 1 aromatic carbocycles. The van der Waals surface area contributed by atoms with Gasteiger partial charge in [0.25, 0.3) is 0 Å². The maximum Gasteiger partial charge on any atom is 0.387 e. The van der Waals surface area contributed by atoms with Crippen molar-refractivity contribution >= 4 is 5.97 Å². The standard InChI is InChI=1S/C13H14F2O4/c14-13(15)19-10-6-5-8(12(16)17)7-11(10)18-9-3-1-2-4-9/h5-7,9,13H,1-4H2,(H,16,17). The minimum absolute atomic E-state index is 0.0189. The number of benzene rings is 1. The minimum Gasteiger partial charge on any atom is -0.487 e. The highest BCUT2D eigenvalue weighted by Crippen LogP contribution is 2.33. The zero-order valence-corrected chi connectivity index (χ0v) is 10.1. The average molecular weight is 272 g/mol. The van der Waals surface area contributed by atoms with Crippen LogP contribution in [0.4, 0.5) is 8.78 Å². The van der Waals surface area contributed by atoms with Gasteiger partial charge in [0.2, 0.25) is 0 Å². The van der Waals surface area contributed by atoms with Crippen LogP contribution in [-0.4, -0.2) is 23.8 Å². The van der Waals surface area contributed by atoms with Gasteiger partial charge in [0.05, 0.1) is 11.7 Å². The molecule has 0 heterocycles. The number of ether oxygens (including phenoxy) is 2. The van der Waals surface area contributed by atoms with Gasteiger partial charge >= 0.3 is 12.6 Å². The van der Waals surface area contributed by atoms with Gasteiger partial charge in [0.15, 0.2) is 11.5 Å². The molecule has 0 atom stereocenters. The van der Waals surface area contributed by atoms with Gasteiger partial charge in [-0.3, -0.25) is 0 Å². The summed E-state index contributed by atoms with van der Waals surface area (Å²) in [6.07, 6.45) is 3.66. The van der Waals surface area contributed by atoms with Crippen LogP contribution in [0.1, 0.15) is 36.0 Å². The molecule has 0 unspecified atom stereocenters. The van der Waals surface area contributed by atoms with Crippen LogP contribution < -0.4 is 9.47 Å². The van der Waals surface area contributed by atoms with Crippen LogP contribution in [-0.2, 0) is 0 Å². The fourth-order valence-corrected chi connectivity index (χ4v) is 2.11. The van der Waals surface area contributed by atoms with E-state index in [9.17, 15) is 13.6 Å². The largest absolute Gasteiger partial charge is 0.487 e. The number of carboxylic acids is 1. The third-order valence-corrected chi connectivity index (χ3v) is 3.00. The molecule has 0 saturated heterocycles. The second-order valence-electron chi connectivity index (χ2n) is 4.37. The van der Waals surface area contributed by atoms with E-state index in [0.29, 0.717) is 0 Å². The third kappa shape index (κ3) is 3.56. The molecule has 0 aromatic heterocycles. The van der Waals surface area contributed by atoms with Crippen molar-refractivity contribution in [2.75, 3.05) is 0 Å². The zero-order valence-electron chi connectivity index (χ0n) is 10.1. The summed E-state index contributed by atoms with van der Waals surface area (Å²) in [5.74, 6) is -1.21. The molecule has 1 aromatic rings. The molecule has 19 heavy (non-hydrogen) atoms. The Morgan fingerprint density at radius 3 is 2.53 bits per heavy atom. The van der Waals surface area contributed by atoms with E-state index in [1.54, 1.807) is 0 Å². The molecule has 6 heteroatoms. The summed E-state index contributed by atoms with van der Waals surface area (Å²) >= 11 is 0. The summed E-state index contributed by atoms with van der Waals surface area (Å²) in [5, 5.41) is 8.90. The van der Waals surface area contributed by atoms with Crippen molar-refractivity contribution in [1.29, 1.82) is 0 Å². The lowest BCUT2D eigenvalue weighted by Crippen LogP contribution is -2.13. The number of carbonyl (C=O) groups is 1. The Hall–Kier alpha value is -1.85. The van der Waals surface area contributed by atoms with Crippen LogP contribution in [0.15, 0.2) is 18.2 Å². The summed E-state index contributed by atoms with van der Waals surface area (Å²) in [4.78, 5) is 10.9. The first-order valence-corrected chi connectivity index (χ1v) is 6.05. The number of carboxylic acid groups (broad SMARTS) is 1. The second-order valence-corrected chi connectivity index (χ2v) is 4.37. The van der Waals surface area contributed by atoms with Gasteiger partial charge in [-0.1, -0.05) is 0 Å². The lowest BCUT2D eigenvalue weighted by molar-refractivity contribution is -0.0520. The van der Waals surface area contributed by atoms with E-state index in [1.165, 1.54) is 18.2 Å². The summed E-state index contributed by atoms with van der Waals surface area (Å²) in [6, 6.07) is 3.62. The number of alkyl halides is 2. The Bertz CT molecular complexity index is 456. The van der Waals surface area contributed by atoms with Gasteiger partial charge in [-0.25, -0.2) is 4.79 Å².